The van der Waals surface area contributed by atoms with Gasteiger partial charge in [-0.1, -0.05) is 42.5 Å². The quantitative estimate of drug-likeness (QED) is 0.731. The van der Waals surface area contributed by atoms with Crippen LogP contribution in [0.15, 0.2) is 54.6 Å². The van der Waals surface area contributed by atoms with Gasteiger partial charge in [-0.3, -0.25) is 0 Å². The molecule has 0 amide bonds. The standard InChI is InChI=1S/C17H15NO2/c1-12-6-2-3-8-14(12)11-20-17(19)16-10-13-7-4-5-9-15(13)18-16/h2-10,18H,11H2,1H3. The Balaban J connectivity index is 1.75. The van der Waals surface area contributed by atoms with Gasteiger partial charge in [0, 0.05) is 10.9 Å². The van der Waals surface area contributed by atoms with Gasteiger partial charge in [-0.2, -0.15) is 0 Å². The van der Waals surface area contributed by atoms with Crippen LogP contribution in [0.3, 0.4) is 0 Å². The molecular formula is C17H15NO2. The highest BCUT2D eigenvalue weighted by Crippen LogP contribution is 2.16. The number of hydrogen-bond acceptors (Lipinski definition) is 2. The first-order valence-corrected chi connectivity index (χ1v) is 6.53. The van der Waals surface area contributed by atoms with Crippen LogP contribution in [-0.2, 0) is 11.3 Å². The van der Waals surface area contributed by atoms with Crippen LogP contribution in [0.25, 0.3) is 10.9 Å². The van der Waals surface area contributed by atoms with E-state index in [1.54, 1.807) is 0 Å². The number of hydrogen-bond donors (Lipinski definition) is 1. The molecule has 0 saturated carbocycles. The first kappa shape index (κ1) is 12.5. The summed E-state index contributed by atoms with van der Waals surface area (Å²) in [5.41, 5.74) is 3.57. The van der Waals surface area contributed by atoms with E-state index in [9.17, 15) is 4.79 Å². The van der Waals surface area contributed by atoms with Crippen LogP contribution in [0.2, 0.25) is 0 Å². The summed E-state index contributed by atoms with van der Waals surface area (Å²) in [6.07, 6.45) is 0. The van der Waals surface area contributed by atoms with E-state index in [0.29, 0.717) is 12.3 Å². The summed E-state index contributed by atoms with van der Waals surface area (Å²) in [5.74, 6) is -0.329. The molecule has 0 radical (unpaired) electrons. The summed E-state index contributed by atoms with van der Waals surface area (Å²) >= 11 is 0. The molecule has 0 unspecified atom stereocenters. The second kappa shape index (κ2) is 5.21. The van der Waals surface area contributed by atoms with Gasteiger partial charge in [-0.05, 0) is 30.2 Å². The van der Waals surface area contributed by atoms with E-state index >= 15 is 0 Å². The van der Waals surface area contributed by atoms with Crippen LogP contribution in [0.5, 0.6) is 0 Å². The van der Waals surface area contributed by atoms with E-state index < -0.39 is 0 Å². The Morgan fingerprint density at radius 2 is 1.85 bits per heavy atom. The first-order chi connectivity index (χ1) is 9.74. The molecule has 3 heteroatoms. The minimum Gasteiger partial charge on any atom is -0.456 e. The highest BCUT2D eigenvalue weighted by molar-refractivity contribution is 5.94. The number of ether oxygens (including phenoxy) is 1. The van der Waals surface area contributed by atoms with Gasteiger partial charge >= 0.3 is 5.97 Å². The summed E-state index contributed by atoms with van der Waals surface area (Å²) in [6, 6.07) is 17.5. The third-order valence-corrected chi connectivity index (χ3v) is 3.37. The summed E-state index contributed by atoms with van der Waals surface area (Å²) in [5, 5.41) is 1.01. The summed E-state index contributed by atoms with van der Waals surface area (Å²) in [7, 11) is 0. The number of fused-ring (bicyclic) bond motifs is 1. The molecule has 100 valence electrons. The Bertz CT molecular complexity index is 725. The van der Waals surface area contributed by atoms with Crippen molar-refractivity contribution in [2.45, 2.75) is 13.5 Å². The molecule has 3 rings (SSSR count). The molecule has 0 aliphatic rings. The van der Waals surface area contributed by atoms with Gasteiger partial charge in [-0.15, -0.1) is 0 Å². The summed E-state index contributed by atoms with van der Waals surface area (Å²) < 4.78 is 5.35. The van der Waals surface area contributed by atoms with E-state index in [1.165, 1.54) is 0 Å². The summed E-state index contributed by atoms with van der Waals surface area (Å²) in [4.78, 5) is 15.1. The number of aryl methyl sites for hydroxylation is 1. The van der Waals surface area contributed by atoms with Crippen molar-refractivity contribution < 1.29 is 9.53 Å². The predicted molar refractivity (Wildman–Crippen MR) is 78.6 cm³/mol. The van der Waals surface area contributed by atoms with Crippen LogP contribution in [0, 0.1) is 6.92 Å². The average molecular weight is 265 g/mol. The van der Waals surface area contributed by atoms with Crippen molar-refractivity contribution in [3.8, 4) is 0 Å². The molecule has 1 N–H and O–H groups in total. The monoisotopic (exact) mass is 265 g/mol. The number of aromatic amines is 1. The van der Waals surface area contributed by atoms with Crippen LogP contribution >= 0.6 is 0 Å². The Kier molecular flexibility index (Phi) is 3.25. The fourth-order valence-corrected chi connectivity index (χ4v) is 2.18. The smallest absolute Gasteiger partial charge is 0.355 e. The molecule has 0 bridgehead atoms. The number of nitrogens with one attached hydrogen (secondary N) is 1. The van der Waals surface area contributed by atoms with Crippen LogP contribution in [-0.4, -0.2) is 11.0 Å². The highest BCUT2D eigenvalue weighted by atomic mass is 16.5. The van der Waals surface area contributed by atoms with Crippen molar-refractivity contribution in [3.63, 3.8) is 0 Å². The van der Waals surface area contributed by atoms with Gasteiger partial charge in [0.25, 0.3) is 0 Å². The molecule has 2 aromatic carbocycles. The van der Waals surface area contributed by atoms with Crippen molar-refractivity contribution in [3.05, 3.63) is 71.4 Å². The third-order valence-electron chi connectivity index (χ3n) is 3.37. The van der Waals surface area contributed by atoms with Crippen LogP contribution < -0.4 is 0 Å². The maximum Gasteiger partial charge on any atom is 0.355 e. The first-order valence-electron chi connectivity index (χ1n) is 6.53. The van der Waals surface area contributed by atoms with Gasteiger partial charge in [0.2, 0.25) is 0 Å². The number of aromatic nitrogens is 1. The summed E-state index contributed by atoms with van der Waals surface area (Å²) in [6.45, 7) is 2.30. The molecule has 0 aliphatic carbocycles. The van der Waals surface area contributed by atoms with E-state index in [2.05, 4.69) is 4.98 Å². The fraction of sp³-hybridized carbons (Fsp3) is 0.118. The Morgan fingerprint density at radius 1 is 1.10 bits per heavy atom. The van der Waals surface area contributed by atoms with Crippen LogP contribution in [0.1, 0.15) is 21.6 Å². The molecule has 0 spiro atoms. The molecule has 20 heavy (non-hydrogen) atoms. The van der Waals surface area contributed by atoms with Gasteiger partial charge in [-0.25, -0.2) is 4.79 Å². The minimum absolute atomic E-state index is 0.293. The van der Waals surface area contributed by atoms with Crippen molar-refractivity contribution in [2.24, 2.45) is 0 Å². The molecule has 3 aromatic rings. The zero-order chi connectivity index (χ0) is 13.9. The van der Waals surface area contributed by atoms with E-state index in [1.807, 2.05) is 61.5 Å². The third kappa shape index (κ3) is 2.43. The van der Waals surface area contributed by atoms with Crippen molar-refractivity contribution >= 4 is 16.9 Å². The van der Waals surface area contributed by atoms with Gasteiger partial charge < -0.3 is 9.72 Å². The van der Waals surface area contributed by atoms with Crippen LogP contribution in [0.4, 0.5) is 0 Å². The number of H-pyrrole nitrogens is 1. The van der Waals surface area contributed by atoms with E-state index in [4.69, 9.17) is 4.74 Å². The highest BCUT2D eigenvalue weighted by Gasteiger charge is 2.11. The lowest BCUT2D eigenvalue weighted by Crippen LogP contribution is -2.06. The normalized spacial score (nSPS) is 10.7. The number of carbonyl (C=O) groups is 1. The number of para-hydroxylation sites is 1. The van der Waals surface area contributed by atoms with Crippen molar-refractivity contribution in [2.75, 3.05) is 0 Å². The fourth-order valence-electron chi connectivity index (χ4n) is 2.18. The molecular weight excluding hydrogens is 250 g/mol. The second-order valence-electron chi connectivity index (χ2n) is 4.77. The number of benzene rings is 2. The zero-order valence-electron chi connectivity index (χ0n) is 11.2. The topological polar surface area (TPSA) is 42.1 Å². The number of carbonyl (C=O) groups excluding carboxylic acids is 1. The predicted octanol–water partition coefficient (Wildman–Crippen LogP) is 3.83. The lowest BCUT2D eigenvalue weighted by atomic mass is 10.1. The average Bonchev–Trinajstić information content (AvgIpc) is 2.90. The molecule has 1 aromatic heterocycles. The van der Waals surface area contributed by atoms with Crippen molar-refractivity contribution in [1.82, 2.24) is 4.98 Å². The maximum absolute atomic E-state index is 12.0. The Morgan fingerprint density at radius 3 is 2.65 bits per heavy atom. The Labute approximate surface area is 117 Å². The minimum atomic E-state index is -0.329. The molecule has 3 nitrogen and oxygen atoms in total. The molecule has 1 heterocycles. The molecule has 0 fully saturated rings. The van der Waals surface area contributed by atoms with E-state index in [0.717, 1.165) is 22.0 Å². The maximum atomic E-state index is 12.0. The molecule has 0 atom stereocenters. The number of esters is 1. The largest absolute Gasteiger partial charge is 0.456 e. The van der Waals surface area contributed by atoms with Gasteiger partial charge in [0.15, 0.2) is 0 Å². The SMILES string of the molecule is Cc1ccccc1COC(=O)c1cc2ccccc2[nH]1. The number of rotatable bonds is 3. The molecule has 0 saturated heterocycles. The van der Waals surface area contributed by atoms with E-state index in [-0.39, 0.29) is 5.97 Å². The zero-order valence-corrected chi connectivity index (χ0v) is 11.2. The molecule has 0 aliphatic heterocycles. The lowest BCUT2D eigenvalue weighted by Gasteiger charge is -2.06. The van der Waals surface area contributed by atoms with Gasteiger partial charge in [0.1, 0.15) is 12.3 Å². The van der Waals surface area contributed by atoms with Crippen molar-refractivity contribution in [1.29, 1.82) is 0 Å². The second-order valence-corrected chi connectivity index (χ2v) is 4.77. The van der Waals surface area contributed by atoms with Gasteiger partial charge in [0.05, 0.1) is 0 Å². The lowest BCUT2D eigenvalue weighted by molar-refractivity contribution is 0.0466. The Hall–Kier alpha value is -2.55.